The van der Waals surface area contributed by atoms with Gasteiger partial charge in [0.25, 0.3) is 0 Å². The van der Waals surface area contributed by atoms with Gasteiger partial charge in [-0.15, -0.1) is 0 Å². The lowest BCUT2D eigenvalue weighted by molar-refractivity contribution is -0.161. The number of carbonyl (C=O) groups is 3. The third kappa shape index (κ3) is 85.1. The van der Waals surface area contributed by atoms with E-state index in [0.29, 0.717) is 19.3 Å². The van der Waals surface area contributed by atoms with Gasteiger partial charge in [-0.3, -0.25) is 32.5 Å². The van der Waals surface area contributed by atoms with Crippen molar-refractivity contribution in [2.45, 2.75) is 334 Å². The van der Waals surface area contributed by atoms with Crippen molar-refractivity contribution in [2.75, 3.05) is 39.6 Å². The number of hydrogen-bond acceptors (Lipinski definition) is 14. The summed E-state index contributed by atoms with van der Waals surface area (Å²) in [6.07, 6.45) is 110. The van der Waals surface area contributed by atoms with Crippen molar-refractivity contribution < 1.29 is 75.8 Å². The molecular formula is C93H152O16P2. The summed E-state index contributed by atoms with van der Waals surface area (Å²) in [5, 5.41) is 20.7. The van der Waals surface area contributed by atoms with E-state index in [1.54, 1.807) is 0 Å². The number of carbonyl (C=O) groups excluding carboxylic acids is 3. The van der Waals surface area contributed by atoms with E-state index in [9.17, 15) is 43.5 Å². The van der Waals surface area contributed by atoms with Crippen LogP contribution in [-0.4, -0.2) is 95.9 Å². The fraction of sp³-hybridized carbons (Fsp3) is 0.624. The zero-order chi connectivity index (χ0) is 80.8. The maximum absolute atomic E-state index is 13.1. The van der Waals surface area contributed by atoms with Crippen molar-refractivity contribution in [2.24, 2.45) is 0 Å². The second kappa shape index (κ2) is 83.8. The molecular weight excluding hydrogens is 1430 g/mol. The van der Waals surface area contributed by atoms with Crippen molar-refractivity contribution >= 4 is 33.6 Å². The first kappa shape index (κ1) is 105. The summed E-state index contributed by atoms with van der Waals surface area (Å²) >= 11 is 0. The molecule has 0 radical (unpaired) electrons. The van der Waals surface area contributed by atoms with Crippen LogP contribution >= 0.6 is 15.6 Å². The molecule has 5 unspecified atom stereocenters. The number of ether oxygens (including phenoxy) is 3. The van der Waals surface area contributed by atoms with Crippen LogP contribution in [0.2, 0.25) is 0 Å². The molecule has 18 heteroatoms. The molecule has 111 heavy (non-hydrogen) atoms. The van der Waals surface area contributed by atoms with Crippen molar-refractivity contribution in [3.05, 3.63) is 194 Å². The Labute approximate surface area is 674 Å². The predicted octanol–water partition coefficient (Wildman–Crippen LogP) is 25.9. The second-order valence-corrected chi connectivity index (χ2v) is 30.7. The van der Waals surface area contributed by atoms with E-state index in [4.69, 9.17) is 32.3 Å². The van der Waals surface area contributed by atoms with Crippen LogP contribution in [0.3, 0.4) is 0 Å². The molecule has 0 saturated carbocycles. The normalized spacial score (nSPS) is 14.8. The van der Waals surface area contributed by atoms with E-state index in [1.165, 1.54) is 44.9 Å². The summed E-state index contributed by atoms with van der Waals surface area (Å²) in [7, 11) is -9.82. The molecule has 0 saturated heterocycles. The Bertz CT molecular complexity index is 2800. The van der Waals surface area contributed by atoms with Crippen LogP contribution in [0.5, 0.6) is 0 Å². The fourth-order valence-corrected chi connectivity index (χ4v) is 12.5. The lowest BCUT2D eigenvalue weighted by Gasteiger charge is -2.21. The maximum atomic E-state index is 13.1. The first-order valence-corrected chi connectivity index (χ1v) is 45.7. The molecule has 0 aromatic heterocycles. The minimum atomic E-state index is -4.95. The highest BCUT2D eigenvalue weighted by molar-refractivity contribution is 7.47. The topological polar surface area (TPSA) is 231 Å². The molecule has 0 aliphatic carbocycles. The Morgan fingerprint density at radius 3 is 0.712 bits per heavy atom. The maximum Gasteiger partial charge on any atom is 0.472 e. The number of aliphatic hydroxyl groups excluding tert-OH is 2. The molecule has 0 amide bonds. The number of phosphoric ester groups is 2. The Balaban J connectivity index is 4.75. The van der Waals surface area contributed by atoms with Crippen LogP contribution in [0.1, 0.15) is 316 Å². The number of allylic oxidation sites excluding steroid dienone is 32. The third-order valence-electron chi connectivity index (χ3n) is 17.3. The average Bonchev–Trinajstić information content (AvgIpc) is 0.900. The lowest BCUT2D eigenvalue weighted by atomic mass is 10.1. The van der Waals surface area contributed by atoms with E-state index in [0.717, 1.165) is 212 Å². The van der Waals surface area contributed by atoms with Crippen LogP contribution in [0.25, 0.3) is 0 Å². The van der Waals surface area contributed by atoms with E-state index in [-0.39, 0.29) is 19.3 Å². The number of esters is 3. The number of hydrogen-bond donors (Lipinski definition) is 4. The number of rotatable bonds is 79. The van der Waals surface area contributed by atoms with Gasteiger partial charge in [-0.05, 0) is 161 Å². The smallest absolute Gasteiger partial charge is 0.463 e. The molecule has 0 bridgehead atoms. The van der Waals surface area contributed by atoms with Crippen molar-refractivity contribution in [1.82, 2.24) is 0 Å². The highest BCUT2D eigenvalue weighted by Gasteiger charge is 2.29. The van der Waals surface area contributed by atoms with Gasteiger partial charge in [-0.1, -0.05) is 331 Å². The summed E-state index contributed by atoms with van der Waals surface area (Å²) in [6.45, 7) is 2.31. The first-order chi connectivity index (χ1) is 54.2. The Hall–Kier alpha value is -5.61. The predicted molar refractivity (Wildman–Crippen MR) is 463 cm³/mol. The van der Waals surface area contributed by atoms with Gasteiger partial charge in [0, 0.05) is 19.3 Å². The molecule has 0 rings (SSSR count). The number of aliphatic hydroxyl groups is 2. The second-order valence-electron chi connectivity index (χ2n) is 27.8. The molecule has 0 fully saturated rings. The Morgan fingerprint density at radius 1 is 0.252 bits per heavy atom. The van der Waals surface area contributed by atoms with Crippen LogP contribution in [-0.2, 0) is 55.8 Å². The van der Waals surface area contributed by atoms with Gasteiger partial charge < -0.3 is 34.2 Å². The molecule has 0 spiro atoms. The molecule has 0 aromatic rings. The zero-order valence-corrected chi connectivity index (χ0v) is 70.8. The fourth-order valence-electron chi connectivity index (χ4n) is 10.9. The number of phosphoric acid groups is 2. The Morgan fingerprint density at radius 2 is 0.450 bits per heavy atom. The van der Waals surface area contributed by atoms with Gasteiger partial charge in [-0.25, -0.2) is 9.13 Å². The van der Waals surface area contributed by atoms with Crippen molar-refractivity contribution in [3.63, 3.8) is 0 Å². The molecule has 0 aliphatic rings. The molecule has 0 heterocycles. The summed E-state index contributed by atoms with van der Waals surface area (Å²) in [5.41, 5.74) is 0. The highest BCUT2D eigenvalue weighted by atomic mass is 31.2. The monoisotopic (exact) mass is 1590 g/mol. The minimum absolute atomic E-state index is 0.0878. The number of unbranched alkanes of at least 4 members (excludes halogenated alkanes) is 24. The van der Waals surface area contributed by atoms with E-state index in [2.05, 4.69) is 215 Å². The molecule has 0 aromatic carbocycles. The van der Waals surface area contributed by atoms with Gasteiger partial charge in [0.1, 0.15) is 25.4 Å². The quantitative estimate of drug-likeness (QED) is 0.0146. The molecule has 5 atom stereocenters. The van der Waals surface area contributed by atoms with E-state index < -0.39 is 91.5 Å². The van der Waals surface area contributed by atoms with E-state index >= 15 is 0 Å². The third-order valence-corrected chi connectivity index (χ3v) is 19.2. The highest BCUT2D eigenvalue weighted by Crippen LogP contribution is 2.45. The molecule has 16 nitrogen and oxygen atoms in total. The Kier molecular flexibility index (Phi) is 79.6. The van der Waals surface area contributed by atoms with Gasteiger partial charge in [0.05, 0.1) is 26.4 Å². The molecule has 630 valence electrons. The van der Waals surface area contributed by atoms with E-state index in [1.807, 2.05) is 0 Å². The van der Waals surface area contributed by atoms with Crippen LogP contribution in [0, 0.1) is 0 Å². The zero-order valence-electron chi connectivity index (χ0n) is 69.1. The van der Waals surface area contributed by atoms with Crippen LogP contribution in [0.15, 0.2) is 194 Å². The van der Waals surface area contributed by atoms with Gasteiger partial charge in [-0.2, -0.15) is 0 Å². The summed E-state index contributed by atoms with van der Waals surface area (Å²) in [4.78, 5) is 58.9. The van der Waals surface area contributed by atoms with Gasteiger partial charge >= 0.3 is 33.6 Å². The van der Waals surface area contributed by atoms with Crippen molar-refractivity contribution in [3.8, 4) is 0 Å². The molecule has 0 aliphatic heterocycles. The summed E-state index contributed by atoms with van der Waals surface area (Å²) in [5.74, 6) is -1.61. The lowest BCUT2D eigenvalue weighted by Crippen LogP contribution is -2.30. The average molecular weight is 1590 g/mol. The molecule has 4 N–H and O–H groups in total. The van der Waals surface area contributed by atoms with Gasteiger partial charge in [0.15, 0.2) is 6.10 Å². The standard InChI is InChI=1S/C93H152O16P2/c1-4-7-10-13-16-19-22-25-28-31-34-37-40-43-46-49-52-55-58-61-64-67-70-73-76-79-91(96)103-82-88(94)83-105-110(99,100)106-84-89(95)85-107-111(101,102)108-87-90(109-93(98)81-78-75-72-69-66-63-60-57-54-51-48-45-42-39-36-33-30-27-24-21-18-15-12-9-6-3)86-104-92(97)80-77-74-71-68-65-62-59-56-53-50-47-44-41-38-35-32-29-26-23-20-17-14-11-8-5-2/h7-12,16-21,25-30,34-39,43-48,52,55,88-90,94-95H,4-6,13-15,22-24,31-33,40-42,49-51,53-54,56-87H2,1-3H3,(H,99,100)(H,101,102)/b10-7-,11-8-,12-9-,19-16-,20-17-,21-18-,28-25-,29-26-,30-27-,37-34-,38-35-,39-36-,46-43-,47-44-,48-45-,55-52-. The summed E-state index contributed by atoms with van der Waals surface area (Å²) in [6, 6.07) is 0. The van der Waals surface area contributed by atoms with Gasteiger partial charge in [0.2, 0.25) is 0 Å². The van der Waals surface area contributed by atoms with Crippen LogP contribution < -0.4 is 0 Å². The SMILES string of the molecule is CC/C=C\C/C=C\C/C=C\C/C=C\C/C=C\C/C=C\CCCCCCCCC(=O)OCC(O)COP(=O)(O)OCC(O)COP(=O)(O)OCC(COC(=O)CCCCCCCCCCC/C=C\C/C=C\C/C=C\C/C=C\C/C=C\CC)OC(=O)CCCCCCCCCCC/C=C\C/C=C\C/C=C\C/C=C\C/C=C\CC. The van der Waals surface area contributed by atoms with Crippen LogP contribution in [0.4, 0.5) is 0 Å². The van der Waals surface area contributed by atoms with Crippen molar-refractivity contribution in [1.29, 1.82) is 0 Å². The minimum Gasteiger partial charge on any atom is -0.463 e. The largest absolute Gasteiger partial charge is 0.472 e. The summed E-state index contributed by atoms with van der Waals surface area (Å²) < 4.78 is 61.4. The first-order valence-electron chi connectivity index (χ1n) is 42.7.